The molecule has 0 atom stereocenters. The first-order chi connectivity index (χ1) is 13.7. The normalized spacial score (nSPS) is 11.0. The molecule has 0 saturated carbocycles. The Morgan fingerprint density at radius 2 is 1.68 bits per heavy atom. The molecule has 0 aliphatic carbocycles. The number of carbonyl (C=O) groups excluding carboxylic acids is 1. The summed E-state index contributed by atoms with van der Waals surface area (Å²) in [5.74, 6) is -0.0358. The predicted octanol–water partition coefficient (Wildman–Crippen LogP) is 3.82. The molecule has 0 aliphatic heterocycles. The van der Waals surface area contributed by atoms with Crippen LogP contribution in [-0.4, -0.2) is 15.9 Å². The number of amides is 1. The van der Waals surface area contributed by atoms with Gasteiger partial charge in [0.1, 0.15) is 4.83 Å². The Morgan fingerprint density at radius 1 is 1.04 bits per heavy atom. The third kappa shape index (κ3) is 4.02. The van der Waals surface area contributed by atoms with Crippen LogP contribution in [0.25, 0.3) is 10.2 Å². The van der Waals surface area contributed by atoms with Crippen LogP contribution < -0.4 is 10.9 Å². The van der Waals surface area contributed by atoms with Gasteiger partial charge >= 0.3 is 0 Å². The smallest absolute Gasteiger partial charge is 0.259 e. The van der Waals surface area contributed by atoms with E-state index in [1.54, 1.807) is 6.07 Å². The Hall–Kier alpha value is -3.25. The van der Waals surface area contributed by atoms with Gasteiger partial charge in [-0.05, 0) is 17.2 Å². The largest absolute Gasteiger partial charge is 0.351 e. The average Bonchev–Trinajstić information content (AvgIpc) is 3.16. The highest BCUT2D eigenvalue weighted by Gasteiger charge is 2.18. The monoisotopic (exact) mass is 389 g/mol. The van der Waals surface area contributed by atoms with Crippen molar-refractivity contribution in [1.29, 1.82) is 0 Å². The van der Waals surface area contributed by atoms with E-state index in [4.69, 9.17) is 0 Å². The number of fused-ring (bicyclic) bond motifs is 1. The quantitative estimate of drug-likeness (QED) is 0.526. The molecule has 0 unspecified atom stereocenters. The minimum absolute atomic E-state index is 0.00526. The number of carbonyl (C=O) groups is 1. The molecular weight excluding hydrogens is 370 g/mol. The summed E-state index contributed by atoms with van der Waals surface area (Å²) in [5.41, 5.74) is 2.06. The van der Waals surface area contributed by atoms with Crippen molar-refractivity contribution in [2.24, 2.45) is 0 Å². The first kappa shape index (κ1) is 18.1. The Morgan fingerprint density at radius 3 is 2.29 bits per heavy atom. The highest BCUT2D eigenvalue weighted by Crippen LogP contribution is 2.28. The Labute approximate surface area is 166 Å². The molecule has 2 heterocycles. The number of benzene rings is 2. The zero-order valence-electron chi connectivity index (χ0n) is 15.1. The number of nitrogens with one attached hydrogen (secondary N) is 2. The molecule has 28 heavy (non-hydrogen) atoms. The topological polar surface area (TPSA) is 74.8 Å². The van der Waals surface area contributed by atoms with Crippen LogP contribution in [0.1, 0.15) is 28.3 Å². The summed E-state index contributed by atoms with van der Waals surface area (Å²) in [6.07, 6.45) is 1.76. The molecule has 1 amide bonds. The van der Waals surface area contributed by atoms with E-state index < -0.39 is 0 Å². The molecule has 0 spiro atoms. The van der Waals surface area contributed by atoms with Crippen LogP contribution in [0.4, 0.5) is 0 Å². The standard InChI is InChI=1S/C22H19N3O2S/c26-20(23-13-17-11-19-21(27)24-14-25-22(19)28-17)12-18(15-7-3-1-4-8-15)16-9-5-2-6-10-16/h1-11,14,18H,12-13H2,(H,23,26)(H,24,25,27). The van der Waals surface area contributed by atoms with Gasteiger partial charge in [0, 0.05) is 17.2 Å². The number of nitrogens with zero attached hydrogens (tertiary/aromatic N) is 1. The van der Waals surface area contributed by atoms with Crippen molar-refractivity contribution in [3.05, 3.63) is 99.4 Å². The van der Waals surface area contributed by atoms with Crippen LogP contribution in [0.5, 0.6) is 0 Å². The number of hydrogen-bond acceptors (Lipinski definition) is 4. The summed E-state index contributed by atoms with van der Waals surface area (Å²) >= 11 is 1.42. The Kier molecular flexibility index (Phi) is 5.30. The molecule has 0 saturated heterocycles. The number of aromatic amines is 1. The Bertz CT molecular complexity index is 1100. The summed E-state index contributed by atoms with van der Waals surface area (Å²) in [6.45, 7) is 0.385. The van der Waals surface area contributed by atoms with Crippen LogP contribution in [0, 0.1) is 0 Å². The lowest BCUT2D eigenvalue weighted by atomic mass is 9.88. The molecule has 2 aromatic carbocycles. The molecule has 5 nitrogen and oxygen atoms in total. The average molecular weight is 389 g/mol. The molecule has 6 heteroatoms. The van der Waals surface area contributed by atoms with E-state index in [9.17, 15) is 9.59 Å². The second-order valence-electron chi connectivity index (χ2n) is 6.52. The van der Waals surface area contributed by atoms with Gasteiger partial charge in [-0.1, -0.05) is 60.7 Å². The van der Waals surface area contributed by atoms with E-state index in [1.807, 2.05) is 36.4 Å². The van der Waals surface area contributed by atoms with Crippen LogP contribution in [0.15, 0.2) is 77.9 Å². The van der Waals surface area contributed by atoms with Gasteiger partial charge in [0.15, 0.2) is 0 Å². The van der Waals surface area contributed by atoms with Gasteiger partial charge in [0.25, 0.3) is 5.56 Å². The van der Waals surface area contributed by atoms with Crippen molar-refractivity contribution in [2.45, 2.75) is 18.9 Å². The van der Waals surface area contributed by atoms with Gasteiger partial charge in [0.2, 0.25) is 5.91 Å². The third-order valence-electron chi connectivity index (χ3n) is 4.64. The lowest BCUT2D eigenvalue weighted by Crippen LogP contribution is -2.24. The number of H-pyrrole nitrogens is 1. The fraction of sp³-hybridized carbons (Fsp3) is 0.136. The van der Waals surface area contributed by atoms with Crippen molar-refractivity contribution in [2.75, 3.05) is 0 Å². The van der Waals surface area contributed by atoms with Gasteiger partial charge in [-0.2, -0.15) is 0 Å². The van der Waals surface area contributed by atoms with Crippen LogP contribution >= 0.6 is 11.3 Å². The van der Waals surface area contributed by atoms with Crippen molar-refractivity contribution in [3.63, 3.8) is 0 Å². The molecule has 0 aliphatic rings. The van der Waals surface area contributed by atoms with E-state index >= 15 is 0 Å². The molecule has 0 bridgehead atoms. The van der Waals surface area contributed by atoms with E-state index in [2.05, 4.69) is 39.6 Å². The number of thiophene rings is 1. The maximum atomic E-state index is 12.7. The summed E-state index contributed by atoms with van der Waals surface area (Å²) in [5, 5.41) is 3.54. The maximum absolute atomic E-state index is 12.7. The lowest BCUT2D eigenvalue weighted by Gasteiger charge is -2.17. The van der Waals surface area contributed by atoms with E-state index in [1.165, 1.54) is 17.7 Å². The van der Waals surface area contributed by atoms with E-state index in [0.717, 1.165) is 16.0 Å². The van der Waals surface area contributed by atoms with Crippen molar-refractivity contribution in [1.82, 2.24) is 15.3 Å². The molecule has 0 radical (unpaired) electrons. The first-order valence-electron chi connectivity index (χ1n) is 9.03. The van der Waals surface area contributed by atoms with Gasteiger partial charge < -0.3 is 10.3 Å². The number of rotatable bonds is 6. The van der Waals surface area contributed by atoms with Gasteiger partial charge in [-0.25, -0.2) is 4.98 Å². The Balaban J connectivity index is 1.48. The molecular formula is C22H19N3O2S. The van der Waals surface area contributed by atoms with Gasteiger partial charge in [-0.15, -0.1) is 11.3 Å². The highest BCUT2D eigenvalue weighted by molar-refractivity contribution is 7.18. The summed E-state index contributed by atoms with van der Waals surface area (Å²) in [7, 11) is 0. The second kappa shape index (κ2) is 8.19. The number of aromatic nitrogens is 2. The van der Waals surface area contributed by atoms with E-state index in [0.29, 0.717) is 23.2 Å². The minimum Gasteiger partial charge on any atom is -0.351 e. The third-order valence-corrected chi connectivity index (χ3v) is 5.68. The lowest BCUT2D eigenvalue weighted by molar-refractivity contribution is -0.121. The zero-order valence-corrected chi connectivity index (χ0v) is 15.9. The highest BCUT2D eigenvalue weighted by atomic mass is 32.1. The van der Waals surface area contributed by atoms with Crippen LogP contribution in [0.2, 0.25) is 0 Å². The molecule has 0 fully saturated rings. The van der Waals surface area contributed by atoms with Crippen molar-refractivity contribution >= 4 is 27.5 Å². The fourth-order valence-electron chi connectivity index (χ4n) is 3.25. The van der Waals surface area contributed by atoms with Crippen LogP contribution in [0.3, 0.4) is 0 Å². The molecule has 2 N–H and O–H groups in total. The van der Waals surface area contributed by atoms with Crippen molar-refractivity contribution in [3.8, 4) is 0 Å². The summed E-state index contributed by atoms with van der Waals surface area (Å²) < 4.78 is 0. The zero-order chi connectivity index (χ0) is 19.3. The van der Waals surface area contributed by atoms with Crippen molar-refractivity contribution < 1.29 is 4.79 Å². The predicted molar refractivity (Wildman–Crippen MR) is 111 cm³/mol. The molecule has 140 valence electrons. The van der Waals surface area contributed by atoms with Gasteiger partial charge in [-0.3, -0.25) is 9.59 Å². The minimum atomic E-state index is -0.160. The fourth-order valence-corrected chi connectivity index (χ4v) is 4.18. The second-order valence-corrected chi connectivity index (χ2v) is 7.63. The van der Waals surface area contributed by atoms with Crippen LogP contribution in [-0.2, 0) is 11.3 Å². The number of hydrogen-bond donors (Lipinski definition) is 2. The SMILES string of the molecule is O=C(CC(c1ccccc1)c1ccccc1)NCc1cc2c(=O)[nH]cnc2s1. The maximum Gasteiger partial charge on any atom is 0.259 e. The van der Waals surface area contributed by atoms with Gasteiger partial charge in [0.05, 0.1) is 18.3 Å². The first-order valence-corrected chi connectivity index (χ1v) is 9.85. The van der Waals surface area contributed by atoms with E-state index in [-0.39, 0.29) is 17.4 Å². The summed E-state index contributed by atoms with van der Waals surface area (Å²) in [4.78, 5) is 32.8. The molecule has 4 aromatic rings. The molecule has 4 rings (SSSR count). The molecule has 2 aromatic heterocycles. The summed E-state index contributed by atoms with van der Waals surface area (Å²) in [6, 6.07) is 21.9.